The monoisotopic (exact) mass is 254 g/mol. The molecule has 0 radical (unpaired) electrons. The molecule has 0 atom stereocenters. The number of hydrogen-bond acceptors (Lipinski definition) is 4. The second-order valence-corrected chi connectivity index (χ2v) is 5.58. The van der Waals surface area contributed by atoms with E-state index >= 15 is 0 Å². The van der Waals surface area contributed by atoms with Crippen LogP contribution in [0.15, 0.2) is 12.1 Å². The van der Waals surface area contributed by atoms with Gasteiger partial charge in [-0.15, -0.1) is 0 Å². The van der Waals surface area contributed by atoms with Crippen LogP contribution in [0.5, 0.6) is 11.5 Å². The van der Waals surface area contributed by atoms with E-state index in [9.17, 15) is 17.9 Å². The van der Waals surface area contributed by atoms with Crippen molar-refractivity contribution >= 4 is 19.7 Å². The van der Waals surface area contributed by atoms with Gasteiger partial charge in [-0.1, -0.05) is 0 Å². The Hall–Kier alpha value is -1.01. The van der Waals surface area contributed by atoms with Crippen molar-refractivity contribution in [2.24, 2.45) is 0 Å². The molecule has 1 aromatic carbocycles. The lowest BCUT2D eigenvalue weighted by Crippen LogP contribution is -1.99. The summed E-state index contributed by atoms with van der Waals surface area (Å²) < 4.78 is 39.3. The Balaban J connectivity index is 3.17. The number of halogens is 2. The molecule has 0 heterocycles. The molecule has 0 aliphatic carbocycles. The molecular formula is C8H8ClFO4S. The molecule has 0 saturated heterocycles. The fraction of sp³-hybridized carbons (Fsp3) is 0.250. The minimum atomic E-state index is -3.86. The highest BCUT2D eigenvalue weighted by Crippen LogP contribution is 2.29. The minimum absolute atomic E-state index is 0.0665. The molecule has 7 heteroatoms. The maximum Gasteiger partial charge on any atom is 0.236 e. The number of phenolic OH excluding ortho intramolecular Hbond substituents is 1. The van der Waals surface area contributed by atoms with Crippen molar-refractivity contribution in [1.82, 2.24) is 0 Å². The summed E-state index contributed by atoms with van der Waals surface area (Å²) >= 11 is 0. The van der Waals surface area contributed by atoms with Crippen LogP contribution in [0.4, 0.5) is 4.39 Å². The van der Waals surface area contributed by atoms with Gasteiger partial charge in [0.05, 0.1) is 12.9 Å². The smallest absolute Gasteiger partial charge is 0.236 e. The van der Waals surface area contributed by atoms with Gasteiger partial charge < -0.3 is 9.84 Å². The largest absolute Gasteiger partial charge is 0.504 e. The molecule has 0 aliphatic rings. The highest BCUT2D eigenvalue weighted by Gasteiger charge is 2.15. The van der Waals surface area contributed by atoms with Crippen molar-refractivity contribution in [3.8, 4) is 11.5 Å². The lowest BCUT2D eigenvalue weighted by atomic mass is 10.2. The van der Waals surface area contributed by atoms with Crippen molar-refractivity contribution in [1.29, 1.82) is 0 Å². The van der Waals surface area contributed by atoms with E-state index < -0.39 is 20.6 Å². The molecule has 15 heavy (non-hydrogen) atoms. The third-order valence-electron chi connectivity index (χ3n) is 1.68. The van der Waals surface area contributed by atoms with Crippen molar-refractivity contribution in [3.63, 3.8) is 0 Å². The number of aromatic hydroxyl groups is 1. The first-order chi connectivity index (χ1) is 6.83. The third kappa shape index (κ3) is 3.24. The molecule has 1 aromatic rings. The van der Waals surface area contributed by atoms with Crippen molar-refractivity contribution in [2.45, 2.75) is 5.75 Å². The summed E-state index contributed by atoms with van der Waals surface area (Å²) in [5.41, 5.74) is -0.205. The van der Waals surface area contributed by atoms with E-state index in [0.29, 0.717) is 0 Å². The molecule has 0 bridgehead atoms. The standard InChI is InChI=1S/C8H8ClFO4S/c1-14-8-3-6(10)5(2-7(8)11)4-15(9,12)13/h2-3,11H,4H2,1H3. The van der Waals surface area contributed by atoms with Gasteiger partial charge in [-0.25, -0.2) is 12.8 Å². The maximum atomic E-state index is 13.2. The van der Waals surface area contributed by atoms with E-state index in [1.54, 1.807) is 0 Å². The number of ether oxygens (including phenoxy) is 1. The lowest BCUT2D eigenvalue weighted by Gasteiger charge is -2.06. The summed E-state index contributed by atoms with van der Waals surface area (Å²) in [6.07, 6.45) is 0. The molecule has 4 nitrogen and oxygen atoms in total. The molecule has 1 N–H and O–H groups in total. The van der Waals surface area contributed by atoms with Crippen LogP contribution in [0.3, 0.4) is 0 Å². The van der Waals surface area contributed by atoms with Gasteiger partial charge in [-0.3, -0.25) is 0 Å². The van der Waals surface area contributed by atoms with E-state index in [1.807, 2.05) is 0 Å². The Bertz CT molecular complexity index is 472. The molecule has 0 saturated carbocycles. The topological polar surface area (TPSA) is 63.6 Å². The fourth-order valence-electron chi connectivity index (χ4n) is 1.05. The van der Waals surface area contributed by atoms with Gasteiger partial charge in [-0.2, -0.15) is 0 Å². The highest BCUT2D eigenvalue weighted by molar-refractivity contribution is 8.13. The van der Waals surface area contributed by atoms with Crippen LogP contribution < -0.4 is 4.74 Å². The van der Waals surface area contributed by atoms with E-state index in [2.05, 4.69) is 4.74 Å². The molecule has 0 aromatic heterocycles. The minimum Gasteiger partial charge on any atom is -0.504 e. The predicted octanol–water partition coefficient (Wildman–Crippen LogP) is 1.61. The summed E-state index contributed by atoms with van der Waals surface area (Å²) in [7, 11) is 2.36. The number of rotatable bonds is 3. The van der Waals surface area contributed by atoms with Crippen molar-refractivity contribution < 1.29 is 22.7 Å². The molecule has 0 amide bonds. The van der Waals surface area contributed by atoms with Gasteiger partial charge in [0.1, 0.15) is 5.82 Å². The van der Waals surface area contributed by atoms with Crippen LogP contribution in [-0.4, -0.2) is 20.6 Å². The van der Waals surface area contributed by atoms with Crippen LogP contribution in [0.25, 0.3) is 0 Å². The fourth-order valence-corrected chi connectivity index (χ4v) is 1.99. The van der Waals surface area contributed by atoms with Crippen LogP contribution in [0.2, 0.25) is 0 Å². The zero-order valence-corrected chi connectivity index (χ0v) is 9.27. The molecule has 0 spiro atoms. The number of methoxy groups -OCH3 is 1. The molecular weight excluding hydrogens is 247 g/mol. The van der Waals surface area contributed by atoms with Gasteiger partial charge in [0.2, 0.25) is 9.05 Å². The third-order valence-corrected chi connectivity index (χ3v) is 2.66. The SMILES string of the molecule is COc1cc(F)c(CS(=O)(=O)Cl)cc1O. The van der Waals surface area contributed by atoms with Crippen molar-refractivity contribution in [2.75, 3.05) is 7.11 Å². The summed E-state index contributed by atoms with van der Waals surface area (Å²) in [5, 5.41) is 9.28. The summed E-state index contributed by atoms with van der Waals surface area (Å²) in [6.45, 7) is 0. The van der Waals surface area contributed by atoms with Gasteiger partial charge in [0.15, 0.2) is 11.5 Å². The normalized spacial score (nSPS) is 11.4. The van der Waals surface area contributed by atoms with Gasteiger partial charge >= 0.3 is 0 Å². The molecule has 0 unspecified atom stereocenters. The summed E-state index contributed by atoms with van der Waals surface area (Å²) in [6, 6.07) is 1.86. The Morgan fingerprint density at radius 3 is 2.60 bits per heavy atom. The second kappa shape index (κ2) is 4.24. The number of hydrogen-bond donors (Lipinski definition) is 1. The Labute approximate surface area is 90.7 Å². The average molecular weight is 255 g/mol. The second-order valence-electron chi connectivity index (χ2n) is 2.80. The maximum absolute atomic E-state index is 13.2. The number of benzene rings is 1. The first-order valence-corrected chi connectivity index (χ1v) is 6.29. The molecule has 84 valence electrons. The zero-order valence-electron chi connectivity index (χ0n) is 7.70. The molecule has 0 fully saturated rings. The zero-order chi connectivity index (χ0) is 11.6. The highest BCUT2D eigenvalue weighted by atomic mass is 35.7. The number of phenols is 1. The summed E-state index contributed by atoms with van der Waals surface area (Å²) in [4.78, 5) is 0. The van der Waals surface area contributed by atoms with Gasteiger partial charge in [0.25, 0.3) is 0 Å². The van der Waals surface area contributed by atoms with E-state index in [0.717, 1.165) is 12.1 Å². The van der Waals surface area contributed by atoms with Gasteiger partial charge in [0, 0.05) is 22.3 Å². The molecule has 1 rings (SSSR count). The van der Waals surface area contributed by atoms with Crippen LogP contribution >= 0.6 is 10.7 Å². The Kier molecular flexibility index (Phi) is 3.41. The van der Waals surface area contributed by atoms with Crippen LogP contribution in [0, 0.1) is 5.82 Å². The Morgan fingerprint density at radius 1 is 1.53 bits per heavy atom. The van der Waals surface area contributed by atoms with E-state index in [-0.39, 0.29) is 17.1 Å². The van der Waals surface area contributed by atoms with Crippen LogP contribution in [-0.2, 0) is 14.8 Å². The van der Waals surface area contributed by atoms with E-state index in [1.165, 1.54) is 7.11 Å². The van der Waals surface area contributed by atoms with Crippen LogP contribution in [0.1, 0.15) is 5.56 Å². The first kappa shape index (κ1) is 12.1. The quantitative estimate of drug-likeness (QED) is 0.833. The Morgan fingerprint density at radius 2 is 2.13 bits per heavy atom. The molecule has 0 aliphatic heterocycles. The lowest BCUT2D eigenvalue weighted by molar-refractivity contribution is 0.369. The first-order valence-electron chi connectivity index (χ1n) is 3.81. The average Bonchev–Trinajstić information content (AvgIpc) is 2.08. The van der Waals surface area contributed by atoms with Crippen molar-refractivity contribution in [3.05, 3.63) is 23.5 Å². The summed E-state index contributed by atoms with van der Waals surface area (Å²) in [5.74, 6) is -1.89. The predicted molar refractivity (Wildman–Crippen MR) is 53.1 cm³/mol. The van der Waals surface area contributed by atoms with E-state index in [4.69, 9.17) is 10.7 Å². The van der Waals surface area contributed by atoms with Gasteiger partial charge in [-0.05, 0) is 6.07 Å².